The lowest BCUT2D eigenvalue weighted by Gasteiger charge is -2.08. The summed E-state index contributed by atoms with van der Waals surface area (Å²) in [4.78, 5) is 0. The van der Waals surface area contributed by atoms with Crippen LogP contribution in [0, 0.1) is 0 Å². The van der Waals surface area contributed by atoms with Crippen LogP contribution in [0.15, 0.2) is 42.5 Å². The summed E-state index contributed by atoms with van der Waals surface area (Å²) in [5, 5.41) is 12.8. The summed E-state index contributed by atoms with van der Waals surface area (Å²) in [6, 6.07) is 12.6. The Labute approximate surface area is 98.4 Å². The highest BCUT2D eigenvalue weighted by Crippen LogP contribution is 2.36. The van der Waals surface area contributed by atoms with Crippen LogP contribution < -0.4 is 14.8 Å². The number of fused-ring (bicyclic) bond motifs is 1. The molecule has 0 bridgehead atoms. The third-order valence-electron chi connectivity index (χ3n) is 2.56. The van der Waals surface area contributed by atoms with Gasteiger partial charge in [-0.25, -0.2) is 0 Å². The first-order valence-corrected chi connectivity index (χ1v) is 5.27. The minimum atomic E-state index is 0.213. The number of para-hydroxylation sites is 2. The van der Waals surface area contributed by atoms with Crippen molar-refractivity contribution in [2.75, 3.05) is 12.1 Å². The summed E-state index contributed by atoms with van der Waals surface area (Å²) in [6.45, 7) is 0.259. The second kappa shape index (κ2) is 3.90. The number of rotatable bonds is 2. The maximum absolute atomic E-state index is 9.65. The Morgan fingerprint density at radius 3 is 2.71 bits per heavy atom. The van der Waals surface area contributed by atoms with Crippen LogP contribution in [-0.2, 0) is 0 Å². The molecule has 0 amide bonds. The van der Waals surface area contributed by atoms with Gasteiger partial charge in [-0.3, -0.25) is 0 Å². The molecule has 0 aliphatic carbocycles. The second-order valence-corrected chi connectivity index (χ2v) is 3.71. The molecule has 17 heavy (non-hydrogen) atoms. The SMILES string of the molecule is Oc1ccccc1Nc1ccc2c(c1)OCO2. The van der Waals surface area contributed by atoms with Gasteiger partial charge in [-0.05, 0) is 24.3 Å². The number of hydrogen-bond donors (Lipinski definition) is 2. The third-order valence-corrected chi connectivity index (χ3v) is 2.56. The minimum absolute atomic E-state index is 0.213. The van der Waals surface area contributed by atoms with Gasteiger partial charge < -0.3 is 19.9 Å². The smallest absolute Gasteiger partial charge is 0.231 e. The van der Waals surface area contributed by atoms with E-state index in [0.29, 0.717) is 11.4 Å². The molecule has 0 radical (unpaired) electrons. The van der Waals surface area contributed by atoms with E-state index in [1.54, 1.807) is 18.2 Å². The Morgan fingerprint density at radius 2 is 1.82 bits per heavy atom. The van der Waals surface area contributed by atoms with Gasteiger partial charge in [-0.1, -0.05) is 12.1 Å². The Hall–Kier alpha value is -2.36. The van der Waals surface area contributed by atoms with E-state index in [1.165, 1.54) is 0 Å². The molecule has 2 N–H and O–H groups in total. The topological polar surface area (TPSA) is 50.7 Å². The Balaban J connectivity index is 1.89. The number of aromatic hydroxyl groups is 1. The van der Waals surface area contributed by atoms with E-state index in [-0.39, 0.29) is 12.5 Å². The highest BCUT2D eigenvalue weighted by atomic mass is 16.7. The summed E-state index contributed by atoms with van der Waals surface area (Å²) in [5.74, 6) is 1.67. The second-order valence-electron chi connectivity index (χ2n) is 3.71. The van der Waals surface area contributed by atoms with E-state index >= 15 is 0 Å². The quantitative estimate of drug-likeness (QED) is 0.777. The molecule has 0 saturated carbocycles. The molecule has 0 spiro atoms. The van der Waals surface area contributed by atoms with Gasteiger partial charge in [0.25, 0.3) is 0 Å². The molecular weight excluding hydrogens is 218 g/mol. The van der Waals surface area contributed by atoms with Crippen LogP contribution >= 0.6 is 0 Å². The van der Waals surface area contributed by atoms with Gasteiger partial charge in [-0.15, -0.1) is 0 Å². The molecule has 0 saturated heterocycles. The molecular formula is C13H11NO3. The Bertz CT molecular complexity index is 554. The monoisotopic (exact) mass is 229 g/mol. The van der Waals surface area contributed by atoms with Gasteiger partial charge in [0.15, 0.2) is 11.5 Å². The normalized spacial score (nSPS) is 12.5. The lowest BCUT2D eigenvalue weighted by molar-refractivity contribution is 0.174. The van der Waals surface area contributed by atoms with Gasteiger partial charge in [0.1, 0.15) is 5.75 Å². The fourth-order valence-electron chi connectivity index (χ4n) is 1.71. The molecule has 0 atom stereocenters. The van der Waals surface area contributed by atoms with Crippen molar-refractivity contribution in [1.29, 1.82) is 0 Å². The van der Waals surface area contributed by atoms with Gasteiger partial charge >= 0.3 is 0 Å². The fraction of sp³-hybridized carbons (Fsp3) is 0.0769. The fourth-order valence-corrected chi connectivity index (χ4v) is 1.71. The maximum atomic E-state index is 9.65. The molecule has 86 valence electrons. The van der Waals surface area contributed by atoms with Crippen molar-refractivity contribution in [1.82, 2.24) is 0 Å². The van der Waals surface area contributed by atoms with E-state index in [2.05, 4.69) is 5.32 Å². The summed E-state index contributed by atoms with van der Waals surface area (Å²) in [5.41, 5.74) is 1.50. The first kappa shape index (κ1) is 9.84. The molecule has 0 aromatic heterocycles. The van der Waals surface area contributed by atoms with Crippen molar-refractivity contribution >= 4 is 11.4 Å². The van der Waals surface area contributed by atoms with Crippen LogP contribution in [-0.4, -0.2) is 11.9 Å². The van der Waals surface area contributed by atoms with E-state index in [4.69, 9.17) is 9.47 Å². The summed E-state index contributed by atoms with van der Waals surface area (Å²) in [7, 11) is 0. The van der Waals surface area contributed by atoms with Crippen LogP contribution in [0.4, 0.5) is 11.4 Å². The van der Waals surface area contributed by atoms with Gasteiger partial charge in [0, 0.05) is 11.8 Å². The zero-order chi connectivity index (χ0) is 11.7. The van der Waals surface area contributed by atoms with Crippen LogP contribution in [0.3, 0.4) is 0 Å². The van der Waals surface area contributed by atoms with E-state index in [0.717, 1.165) is 11.4 Å². The maximum Gasteiger partial charge on any atom is 0.231 e. The molecule has 0 unspecified atom stereocenters. The number of phenols is 1. The van der Waals surface area contributed by atoms with Crippen LogP contribution in [0.5, 0.6) is 17.2 Å². The molecule has 1 aliphatic rings. The van der Waals surface area contributed by atoms with Crippen molar-refractivity contribution < 1.29 is 14.6 Å². The highest BCUT2D eigenvalue weighted by molar-refractivity contribution is 5.68. The average Bonchev–Trinajstić information content (AvgIpc) is 2.79. The highest BCUT2D eigenvalue weighted by Gasteiger charge is 2.13. The van der Waals surface area contributed by atoms with Crippen molar-refractivity contribution in [3.8, 4) is 17.2 Å². The van der Waals surface area contributed by atoms with Crippen molar-refractivity contribution in [2.45, 2.75) is 0 Å². The van der Waals surface area contributed by atoms with Crippen LogP contribution in [0.2, 0.25) is 0 Å². The van der Waals surface area contributed by atoms with E-state index < -0.39 is 0 Å². The molecule has 4 nitrogen and oxygen atoms in total. The average molecular weight is 229 g/mol. The number of nitrogens with one attached hydrogen (secondary N) is 1. The molecule has 1 aliphatic heterocycles. The van der Waals surface area contributed by atoms with Gasteiger partial charge in [0.2, 0.25) is 6.79 Å². The van der Waals surface area contributed by atoms with Crippen molar-refractivity contribution in [2.24, 2.45) is 0 Å². The van der Waals surface area contributed by atoms with Crippen LogP contribution in [0.1, 0.15) is 0 Å². The van der Waals surface area contributed by atoms with E-state index in [1.807, 2.05) is 24.3 Å². The lowest BCUT2D eigenvalue weighted by Crippen LogP contribution is -1.93. The Kier molecular flexibility index (Phi) is 2.26. The Morgan fingerprint density at radius 1 is 1.00 bits per heavy atom. The number of anilines is 2. The zero-order valence-electron chi connectivity index (χ0n) is 9.01. The van der Waals surface area contributed by atoms with Crippen molar-refractivity contribution in [3.05, 3.63) is 42.5 Å². The number of benzene rings is 2. The summed E-state index contributed by atoms with van der Waals surface area (Å²) < 4.78 is 10.5. The summed E-state index contributed by atoms with van der Waals surface area (Å²) >= 11 is 0. The lowest BCUT2D eigenvalue weighted by atomic mass is 10.2. The van der Waals surface area contributed by atoms with Crippen molar-refractivity contribution in [3.63, 3.8) is 0 Å². The number of phenolic OH excluding ortho intramolecular Hbond substituents is 1. The first-order chi connectivity index (χ1) is 8.33. The first-order valence-electron chi connectivity index (χ1n) is 5.27. The van der Waals surface area contributed by atoms with E-state index in [9.17, 15) is 5.11 Å². The predicted octanol–water partition coefficient (Wildman–Crippen LogP) is 2.86. The van der Waals surface area contributed by atoms with Gasteiger partial charge in [0.05, 0.1) is 5.69 Å². The molecule has 0 fully saturated rings. The van der Waals surface area contributed by atoms with Gasteiger partial charge in [-0.2, -0.15) is 0 Å². The molecule has 4 heteroatoms. The molecule has 1 heterocycles. The minimum Gasteiger partial charge on any atom is -0.506 e. The number of ether oxygens (including phenoxy) is 2. The summed E-state index contributed by atoms with van der Waals surface area (Å²) in [6.07, 6.45) is 0. The number of hydrogen-bond acceptors (Lipinski definition) is 4. The molecule has 2 aromatic carbocycles. The van der Waals surface area contributed by atoms with Crippen LogP contribution in [0.25, 0.3) is 0 Å². The largest absolute Gasteiger partial charge is 0.506 e. The predicted molar refractivity (Wildman–Crippen MR) is 64.0 cm³/mol. The molecule has 3 rings (SSSR count). The third kappa shape index (κ3) is 1.85. The zero-order valence-corrected chi connectivity index (χ0v) is 9.01. The standard InChI is InChI=1S/C13H11NO3/c15-11-4-2-1-3-10(11)14-9-5-6-12-13(7-9)17-8-16-12/h1-7,14-15H,8H2. The molecule has 2 aromatic rings.